The molecule has 4 rings (SSSR count). The Balaban J connectivity index is 1.78. The Hall–Kier alpha value is -1.86. The van der Waals surface area contributed by atoms with Crippen LogP contribution in [0.4, 0.5) is 18.9 Å². The lowest BCUT2D eigenvalue weighted by Crippen LogP contribution is -2.34. The third-order valence-electron chi connectivity index (χ3n) is 4.42. The van der Waals surface area contributed by atoms with Crippen LogP contribution in [-0.4, -0.2) is 24.0 Å². The van der Waals surface area contributed by atoms with E-state index in [1.165, 1.54) is 0 Å². The minimum absolute atomic E-state index is 0.0825. The van der Waals surface area contributed by atoms with Gasteiger partial charge in [-0.25, -0.2) is 4.90 Å². The first-order chi connectivity index (χ1) is 10.8. The molecule has 2 bridgehead atoms. The summed E-state index contributed by atoms with van der Waals surface area (Å²) in [6.07, 6.45) is -2.19. The first kappa shape index (κ1) is 14.7. The number of rotatable bonds is 1. The second kappa shape index (κ2) is 4.58. The van der Waals surface area contributed by atoms with Gasteiger partial charge in [-0.2, -0.15) is 13.2 Å². The van der Waals surface area contributed by atoms with Crippen LogP contribution < -0.4 is 4.90 Å². The summed E-state index contributed by atoms with van der Waals surface area (Å²) < 4.78 is 44.1. The van der Waals surface area contributed by atoms with E-state index in [0.717, 1.165) is 23.1 Å². The molecular formula is C15H9ClF3NO3. The van der Waals surface area contributed by atoms with E-state index in [0.29, 0.717) is 0 Å². The van der Waals surface area contributed by atoms with Crippen LogP contribution in [0.15, 0.2) is 30.4 Å². The van der Waals surface area contributed by atoms with Crippen molar-refractivity contribution in [3.05, 3.63) is 40.9 Å². The number of ether oxygens (including phenoxy) is 1. The Labute approximate surface area is 133 Å². The topological polar surface area (TPSA) is 46.6 Å². The predicted octanol–water partition coefficient (Wildman–Crippen LogP) is 2.80. The van der Waals surface area contributed by atoms with Gasteiger partial charge in [-0.1, -0.05) is 23.8 Å². The molecule has 0 radical (unpaired) electrons. The van der Waals surface area contributed by atoms with Crippen LogP contribution in [0.25, 0.3) is 0 Å². The van der Waals surface area contributed by atoms with Crippen molar-refractivity contribution in [1.82, 2.24) is 0 Å². The molecule has 0 unspecified atom stereocenters. The third-order valence-corrected chi connectivity index (χ3v) is 4.74. The Morgan fingerprint density at radius 1 is 1.04 bits per heavy atom. The number of halogens is 4. The summed E-state index contributed by atoms with van der Waals surface area (Å²) >= 11 is 5.94. The third kappa shape index (κ3) is 1.96. The van der Waals surface area contributed by atoms with Crippen LogP contribution in [0.3, 0.4) is 0 Å². The quantitative estimate of drug-likeness (QED) is 0.582. The van der Waals surface area contributed by atoms with E-state index in [-0.39, 0.29) is 10.7 Å². The number of nitrogens with zero attached hydrogens (tertiary/aromatic N) is 1. The lowest BCUT2D eigenvalue weighted by molar-refractivity contribution is -0.137. The van der Waals surface area contributed by atoms with Crippen molar-refractivity contribution in [2.75, 3.05) is 4.90 Å². The van der Waals surface area contributed by atoms with Gasteiger partial charge < -0.3 is 4.74 Å². The molecule has 2 amide bonds. The van der Waals surface area contributed by atoms with E-state index in [1.54, 1.807) is 12.2 Å². The number of imide groups is 1. The molecule has 8 heteroatoms. The zero-order chi connectivity index (χ0) is 16.5. The molecule has 1 aromatic carbocycles. The molecule has 120 valence electrons. The van der Waals surface area contributed by atoms with E-state index < -0.39 is 47.6 Å². The van der Waals surface area contributed by atoms with E-state index in [4.69, 9.17) is 16.3 Å². The zero-order valence-electron chi connectivity index (χ0n) is 11.4. The number of alkyl halides is 3. The van der Waals surface area contributed by atoms with Gasteiger partial charge >= 0.3 is 6.18 Å². The molecule has 3 aliphatic heterocycles. The van der Waals surface area contributed by atoms with Crippen molar-refractivity contribution in [3.63, 3.8) is 0 Å². The first-order valence-corrected chi connectivity index (χ1v) is 7.25. The second-order valence-corrected chi connectivity index (χ2v) is 6.08. The first-order valence-electron chi connectivity index (χ1n) is 6.87. The van der Waals surface area contributed by atoms with E-state index in [1.807, 2.05) is 0 Å². The average molecular weight is 344 g/mol. The lowest BCUT2D eigenvalue weighted by atomic mass is 9.85. The van der Waals surface area contributed by atoms with Crippen molar-refractivity contribution >= 4 is 29.1 Å². The highest BCUT2D eigenvalue weighted by atomic mass is 35.5. The largest absolute Gasteiger partial charge is 0.416 e. The van der Waals surface area contributed by atoms with E-state index in [9.17, 15) is 22.8 Å². The van der Waals surface area contributed by atoms with Crippen LogP contribution >= 0.6 is 11.6 Å². The summed E-state index contributed by atoms with van der Waals surface area (Å²) in [5.74, 6) is -2.53. The zero-order valence-corrected chi connectivity index (χ0v) is 12.1. The Bertz CT molecular complexity index is 731. The molecule has 0 saturated carbocycles. The SMILES string of the molecule is O=C1[C@@H]2[C@@H](C(=O)N1c1cc(C(F)(F)F)ccc1Cl)[C@@H]1C=C[C@@H]2O1. The number of benzene rings is 1. The number of anilines is 1. The van der Waals surface area contributed by atoms with Crippen LogP contribution in [0.2, 0.25) is 5.02 Å². The normalized spacial score (nSPS) is 32.1. The molecular weight excluding hydrogens is 335 g/mol. The fourth-order valence-corrected chi connectivity index (χ4v) is 3.60. The van der Waals surface area contributed by atoms with Gasteiger partial charge in [0.25, 0.3) is 0 Å². The summed E-state index contributed by atoms with van der Waals surface area (Å²) in [6, 6.07) is 2.58. The molecule has 2 saturated heterocycles. The number of hydrogen-bond acceptors (Lipinski definition) is 3. The maximum atomic E-state index is 12.9. The summed E-state index contributed by atoms with van der Waals surface area (Å²) in [7, 11) is 0. The fourth-order valence-electron chi connectivity index (χ4n) is 3.40. The number of fused-ring (bicyclic) bond motifs is 5. The molecule has 1 aromatic rings. The molecule has 0 spiro atoms. The van der Waals surface area contributed by atoms with Gasteiger partial charge in [-0.3, -0.25) is 9.59 Å². The van der Waals surface area contributed by atoms with Crippen LogP contribution in [0.1, 0.15) is 5.56 Å². The maximum Gasteiger partial charge on any atom is 0.416 e. The van der Waals surface area contributed by atoms with Gasteiger partial charge in [-0.15, -0.1) is 0 Å². The molecule has 4 nitrogen and oxygen atoms in total. The second-order valence-electron chi connectivity index (χ2n) is 5.68. The number of carbonyl (C=O) groups excluding carboxylic acids is 2. The molecule has 3 aliphatic rings. The summed E-state index contributed by atoms with van der Waals surface area (Å²) in [6.45, 7) is 0. The molecule has 0 aromatic heterocycles. The highest BCUT2D eigenvalue weighted by molar-refractivity contribution is 6.36. The van der Waals surface area contributed by atoms with Crippen molar-refractivity contribution in [2.45, 2.75) is 18.4 Å². The van der Waals surface area contributed by atoms with Gasteiger partial charge in [0.2, 0.25) is 11.8 Å². The molecule has 3 heterocycles. The van der Waals surface area contributed by atoms with Crippen molar-refractivity contribution in [3.8, 4) is 0 Å². The lowest BCUT2D eigenvalue weighted by Gasteiger charge is -2.20. The predicted molar refractivity (Wildman–Crippen MR) is 73.7 cm³/mol. The van der Waals surface area contributed by atoms with Crippen LogP contribution in [0.5, 0.6) is 0 Å². The summed E-state index contributed by atoms with van der Waals surface area (Å²) in [5.41, 5.74) is -1.20. The number of amides is 2. The van der Waals surface area contributed by atoms with Gasteiger partial charge in [0.05, 0.1) is 40.3 Å². The van der Waals surface area contributed by atoms with E-state index in [2.05, 4.69) is 0 Å². The maximum absolute atomic E-state index is 12.9. The Morgan fingerprint density at radius 2 is 1.61 bits per heavy atom. The van der Waals surface area contributed by atoms with Crippen LogP contribution in [0, 0.1) is 11.8 Å². The van der Waals surface area contributed by atoms with Gasteiger partial charge in [0, 0.05) is 0 Å². The van der Waals surface area contributed by atoms with Gasteiger partial charge in [0.15, 0.2) is 0 Å². The molecule has 4 atom stereocenters. The van der Waals surface area contributed by atoms with E-state index >= 15 is 0 Å². The van der Waals surface area contributed by atoms with Gasteiger partial charge in [-0.05, 0) is 18.2 Å². The Kier molecular flexibility index (Phi) is 2.93. The summed E-state index contributed by atoms with van der Waals surface area (Å²) in [5, 5.41) is -0.0825. The van der Waals surface area contributed by atoms with Crippen molar-refractivity contribution in [1.29, 1.82) is 0 Å². The average Bonchev–Trinajstić information content (AvgIpc) is 3.13. The molecule has 2 fully saturated rings. The number of carbonyl (C=O) groups is 2. The minimum atomic E-state index is -4.59. The Morgan fingerprint density at radius 3 is 2.13 bits per heavy atom. The highest BCUT2D eigenvalue weighted by Crippen LogP contribution is 2.47. The number of hydrogen-bond donors (Lipinski definition) is 0. The standard InChI is InChI=1S/C15H9ClF3NO3/c16-7-2-1-6(15(17,18)19)5-8(7)20-13(21)11-9-3-4-10(23-9)12(11)14(20)22/h1-5,9-12H/t9-,10-,11-,12-/m0/s1. The van der Waals surface area contributed by atoms with Gasteiger partial charge in [0.1, 0.15) is 0 Å². The molecule has 0 N–H and O–H groups in total. The highest BCUT2D eigenvalue weighted by Gasteiger charge is 2.61. The molecule has 0 aliphatic carbocycles. The fraction of sp³-hybridized carbons (Fsp3) is 0.333. The molecule has 23 heavy (non-hydrogen) atoms. The van der Waals surface area contributed by atoms with Crippen molar-refractivity contribution in [2.24, 2.45) is 11.8 Å². The monoisotopic (exact) mass is 343 g/mol. The smallest absolute Gasteiger partial charge is 0.365 e. The minimum Gasteiger partial charge on any atom is -0.365 e. The van der Waals surface area contributed by atoms with Crippen LogP contribution in [-0.2, 0) is 20.5 Å². The van der Waals surface area contributed by atoms with Crippen molar-refractivity contribution < 1.29 is 27.5 Å². The summed E-state index contributed by atoms with van der Waals surface area (Å²) in [4.78, 5) is 25.9.